The molecule has 0 aromatic rings. The molecule has 1 rings (SSSR count). The monoisotopic (exact) mass is 935 g/mol. The normalized spacial score (nSPS) is 19.5. The van der Waals surface area contributed by atoms with E-state index in [-0.39, 0.29) is 19.2 Å². The Balaban J connectivity index is 2.15. The van der Waals surface area contributed by atoms with Gasteiger partial charge in [-0.2, -0.15) is 0 Å². The van der Waals surface area contributed by atoms with Gasteiger partial charge in [0.1, 0.15) is 30.5 Å². The van der Waals surface area contributed by atoms with Crippen LogP contribution < -0.4 is 0 Å². The molecule has 388 valence electrons. The van der Waals surface area contributed by atoms with Crippen molar-refractivity contribution >= 4 is 5.97 Å². The second kappa shape index (κ2) is 48.4. The van der Waals surface area contributed by atoms with Crippen LogP contribution in [0.5, 0.6) is 0 Å². The molecule has 6 unspecified atom stereocenters. The lowest BCUT2D eigenvalue weighted by Crippen LogP contribution is -2.59. The molecule has 1 aliphatic heterocycles. The number of hydrogen-bond donors (Lipinski definition) is 4. The van der Waals surface area contributed by atoms with Gasteiger partial charge in [0, 0.05) is 13.0 Å². The molecule has 1 saturated heterocycles. The summed E-state index contributed by atoms with van der Waals surface area (Å²) in [6.45, 7) is 4.56. The Labute approximate surface area is 406 Å². The summed E-state index contributed by atoms with van der Waals surface area (Å²) in [5.74, 6) is -0.312. The predicted octanol–water partition coefficient (Wildman–Crippen LogP) is 14.3. The molecule has 0 bridgehead atoms. The average molecular weight is 935 g/mol. The third-order valence-corrected chi connectivity index (χ3v) is 13.0. The summed E-state index contributed by atoms with van der Waals surface area (Å²) in [4.78, 5) is 12.9. The van der Waals surface area contributed by atoms with E-state index >= 15 is 0 Å². The van der Waals surface area contributed by atoms with Crippen molar-refractivity contribution in [2.75, 3.05) is 26.4 Å². The average Bonchev–Trinajstić information content (AvgIpc) is 3.32. The van der Waals surface area contributed by atoms with Crippen LogP contribution in [0.3, 0.4) is 0 Å². The zero-order chi connectivity index (χ0) is 47.8. The topological polar surface area (TPSA) is 135 Å². The van der Waals surface area contributed by atoms with Crippen molar-refractivity contribution in [3.05, 3.63) is 36.5 Å². The molecule has 1 aliphatic rings. The fourth-order valence-electron chi connectivity index (χ4n) is 8.64. The van der Waals surface area contributed by atoms with E-state index in [0.29, 0.717) is 13.0 Å². The van der Waals surface area contributed by atoms with Gasteiger partial charge in [0.2, 0.25) is 0 Å². The first-order valence-corrected chi connectivity index (χ1v) is 28.1. The van der Waals surface area contributed by atoms with Crippen molar-refractivity contribution in [2.24, 2.45) is 0 Å². The summed E-state index contributed by atoms with van der Waals surface area (Å²) < 4.78 is 22.9. The van der Waals surface area contributed by atoms with E-state index in [1.165, 1.54) is 199 Å². The van der Waals surface area contributed by atoms with Gasteiger partial charge in [-0.25, -0.2) is 0 Å². The van der Waals surface area contributed by atoms with Gasteiger partial charge in [-0.05, 0) is 70.6 Å². The van der Waals surface area contributed by atoms with E-state index in [4.69, 9.17) is 18.9 Å². The Kier molecular flexibility index (Phi) is 45.8. The van der Waals surface area contributed by atoms with Crippen LogP contribution in [0.2, 0.25) is 0 Å². The predicted molar refractivity (Wildman–Crippen MR) is 275 cm³/mol. The number of hydrogen-bond acceptors (Lipinski definition) is 9. The number of allylic oxidation sites excluding steroid dienone is 6. The highest BCUT2D eigenvalue weighted by Crippen LogP contribution is 2.23. The van der Waals surface area contributed by atoms with Gasteiger partial charge in [0.05, 0.1) is 19.8 Å². The number of esters is 1. The van der Waals surface area contributed by atoms with Gasteiger partial charge in [0.25, 0.3) is 0 Å². The maximum atomic E-state index is 12.9. The van der Waals surface area contributed by atoms with Gasteiger partial charge < -0.3 is 39.4 Å². The molecular formula is C57H106O9. The molecule has 66 heavy (non-hydrogen) atoms. The van der Waals surface area contributed by atoms with Gasteiger partial charge in [0.15, 0.2) is 6.29 Å². The van der Waals surface area contributed by atoms with Gasteiger partial charge >= 0.3 is 5.97 Å². The maximum Gasteiger partial charge on any atom is 0.306 e. The Bertz CT molecular complexity index is 1110. The first-order valence-electron chi connectivity index (χ1n) is 28.1. The van der Waals surface area contributed by atoms with Crippen LogP contribution >= 0.6 is 0 Å². The van der Waals surface area contributed by atoms with E-state index in [9.17, 15) is 25.2 Å². The minimum absolute atomic E-state index is 0.114. The number of carbonyl (C=O) groups excluding carboxylic acids is 1. The number of aliphatic hydroxyl groups is 4. The minimum Gasteiger partial charge on any atom is -0.457 e. The minimum atomic E-state index is -1.54. The van der Waals surface area contributed by atoms with Crippen LogP contribution in [-0.4, -0.2) is 89.6 Å². The first-order chi connectivity index (χ1) is 32.4. The van der Waals surface area contributed by atoms with E-state index in [1.54, 1.807) is 0 Å². The Hall–Kier alpha value is -1.59. The third kappa shape index (κ3) is 38.3. The van der Waals surface area contributed by atoms with E-state index in [2.05, 4.69) is 50.3 Å². The van der Waals surface area contributed by atoms with Crippen LogP contribution in [0.15, 0.2) is 36.5 Å². The van der Waals surface area contributed by atoms with Crippen LogP contribution in [-0.2, 0) is 23.7 Å². The molecule has 4 N–H and O–H groups in total. The fraction of sp³-hybridized carbons (Fsp3) is 0.877. The molecule has 0 aromatic carbocycles. The third-order valence-electron chi connectivity index (χ3n) is 13.0. The highest BCUT2D eigenvalue weighted by Gasteiger charge is 2.44. The van der Waals surface area contributed by atoms with Crippen LogP contribution in [0.4, 0.5) is 0 Å². The van der Waals surface area contributed by atoms with E-state index in [1.807, 2.05) is 0 Å². The van der Waals surface area contributed by atoms with Crippen molar-refractivity contribution in [1.82, 2.24) is 0 Å². The van der Waals surface area contributed by atoms with Crippen molar-refractivity contribution < 1.29 is 44.2 Å². The molecular weight excluding hydrogens is 829 g/mol. The quantitative estimate of drug-likeness (QED) is 0.0267. The largest absolute Gasteiger partial charge is 0.457 e. The van der Waals surface area contributed by atoms with Crippen LogP contribution in [0, 0.1) is 0 Å². The molecule has 0 aromatic heterocycles. The number of aliphatic hydroxyl groups excluding tert-OH is 4. The fourth-order valence-corrected chi connectivity index (χ4v) is 8.64. The highest BCUT2D eigenvalue weighted by atomic mass is 16.7. The Morgan fingerprint density at radius 1 is 0.485 bits per heavy atom. The second-order valence-corrected chi connectivity index (χ2v) is 19.4. The molecule has 9 nitrogen and oxygen atoms in total. The summed E-state index contributed by atoms with van der Waals surface area (Å²) in [5.41, 5.74) is 0. The second-order valence-electron chi connectivity index (χ2n) is 19.4. The van der Waals surface area contributed by atoms with Crippen LogP contribution in [0.1, 0.15) is 258 Å². The molecule has 0 spiro atoms. The van der Waals surface area contributed by atoms with E-state index < -0.39 is 43.4 Å². The zero-order valence-electron chi connectivity index (χ0n) is 43.0. The van der Waals surface area contributed by atoms with Gasteiger partial charge in [-0.3, -0.25) is 4.79 Å². The van der Waals surface area contributed by atoms with Crippen molar-refractivity contribution in [1.29, 1.82) is 0 Å². The molecule has 1 fully saturated rings. The molecule has 0 radical (unpaired) electrons. The van der Waals surface area contributed by atoms with Crippen LogP contribution in [0.25, 0.3) is 0 Å². The molecule has 6 atom stereocenters. The molecule has 0 saturated carbocycles. The molecule has 1 heterocycles. The van der Waals surface area contributed by atoms with E-state index in [0.717, 1.165) is 38.5 Å². The van der Waals surface area contributed by atoms with Crippen molar-refractivity contribution in [3.8, 4) is 0 Å². The number of unbranched alkanes of at least 4 members (excludes halogenated alkanes) is 32. The zero-order valence-corrected chi connectivity index (χ0v) is 43.0. The molecule has 0 amide bonds. The van der Waals surface area contributed by atoms with Gasteiger partial charge in [-0.1, -0.05) is 217 Å². The Morgan fingerprint density at radius 3 is 1.35 bits per heavy atom. The van der Waals surface area contributed by atoms with Gasteiger partial charge in [-0.15, -0.1) is 0 Å². The summed E-state index contributed by atoms with van der Waals surface area (Å²) in [5, 5.41) is 40.3. The lowest BCUT2D eigenvalue weighted by Gasteiger charge is -2.39. The summed E-state index contributed by atoms with van der Waals surface area (Å²) in [7, 11) is 0. The summed E-state index contributed by atoms with van der Waals surface area (Å²) >= 11 is 0. The maximum absolute atomic E-state index is 12.9. The smallest absolute Gasteiger partial charge is 0.306 e. The number of rotatable bonds is 49. The SMILES string of the molecule is CCCCC/C=C\C/C=C\CCCCCCCCCCOCC(COC1OC(CO)C(O)C(O)C1O)OC(=O)CCCCCCCCCCCCCCC/C=C\CCCCCCCCCC. The number of ether oxygens (including phenoxy) is 4. The summed E-state index contributed by atoms with van der Waals surface area (Å²) in [6, 6.07) is 0. The standard InChI is InChI=1S/C57H106O9/c1-3-5-7-9-11-13-15-17-19-21-23-24-25-26-27-28-29-30-32-34-36-38-40-42-44-46-53(59)65-51(50-64-57-56(62)55(61)54(60)52(48-58)66-57)49-63-47-45-43-41-39-37-35-33-31-22-20-18-16-14-12-10-8-6-4-2/h12,14,18,20-21,23,51-52,54-58,60-62H,3-11,13,15-17,19,22,24-50H2,1-2H3/b14-12-,20-18-,23-21-. The molecule has 9 heteroatoms. The van der Waals surface area contributed by atoms with Crippen molar-refractivity contribution in [2.45, 2.75) is 295 Å². The first kappa shape index (κ1) is 62.4. The number of carbonyl (C=O) groups is 1. The molecule has 0 aliphatic carbocycles. The van der Waals surface area contributed by atoms with Crippen molar-refractivity contribution in [3.63, 3.8) is 0 Å². The lowest BCUT2D eigenvalue weighted by molar-refractivity contribution is -0.305. The highest BCUT2D eigenvalue weighted by molar-refractivity contribution is 5.69. The Morgan fingerprint density at radius 2 is 0.879 bits per heavy atom. The lowest BCUT2D eigenvalue weighted by atomic mass is 9.99. The summed E-state index contributed by atoms with van der Waals surface area (Å²) in [6.07, 6.45) is 53.3.